The number of amides is 1. The quantitative estimate of drug-likeness (QED) is 0.939. The van der Waals surface area contributed by atoms with E-state index in [1.54, 1.807) is 0 Å². The standard InChI is InChI=1S/C20H24N2O/c1-15-9-10-19-17(12-15)8-5-11-22(19)14-20(23)21-13-18-7-4-3-6-16(18)2/h3-4,6-7,9-10,12H,5,8,11,13-14H2,1-2H3,(H,21,23). The van der Waals surface area contributed by atoms with Gasteiger partial charge in [0.1, 0.15) is 0 Å². The monoisotopic (exact) mass is 308 g/mol. The maximum atomic E-state index is 12.3. The molecule has 0 radical (unpaired) electrons. The molecule has 0 unspecified atom stereocenters. The summed E-state index contributed by atoms with van der Waals surface area (Å²) in [5.74, 6) is 0.0849. The van der Waals surface area contributed by atoms with Crippen molar-refractivity contribution in [2.24, 2.45) is 0 Å². The van der Waals surface area contributed by atoms with E-state index in [4.69, 9.17) is 0 Å². The van der Waals surface area contributed by atoms with Crippen molar-refractivity contribution < 1.29 is 4.79 Å². The molecule has 0 fully saturated rings. The van der Waals surface area contributed by atoms with Crippen LogP contribution in [-0.2, 0) is 17.8 Å². The average molecular weight is 308 g/mol. The summed E-state index contributed by atoms with van der Waals surface area (Å²) in [6.07, 6.45) is 2.22. The number of hydrogen-bond donors (Lipinski definition) is 1. The number of nitrogens with one attached hydrogen (secondary N) is 1. The van der Waals surface area contributed by atoms with Gasteiger partial charge in [0.25, 0.3) is 0 Å². The van der Waals surface area contributed by atoms with E-state index in [1.807, 2.05) is 12.1 Å². The third-order valence-corrected chi connectivity index (χ3v) is 4.52. The normalized spacial score (nSPS) is 13.6. The van der Waals surface area contributed by atoms with E-state index >= 15 is 0 Å². The highest BCUT2D eigenvalue weighted by Gasteiger charge is 2.19. The number of fused-ring (bicyclic) bond motifs is 1. The van der Waals surface area contributed by atoms with Crippen LogP contribution in [0.2, 0.25) is 0 Å². The van der Waals surface area contributed by atoms with Gasteiger partial charge >= 0.3 is 0 Å². The maximum absolute atomic E-state index is 12.3. The van der Waals surface area contributed by atoms with Gasteiger partial charge in [0.05, 0.1) is 6.54 Å². The van der Waals surface area contributed by atoms with E-state index in [1.165, 1.54) is 27.9 Å². The second kappa shape index (κ2) is 6.86. The van der Waals surface area contributed by atoms with Crippen LogP contribution in [-0.4, -0.2) is 19.0 Å². The van der Waals surface area contributed by atoms with E-state index in [2.05, 4.69) is 54.4 Å². The van der Waals surface area contributed by atoms with Crippen LogP contribution in [0.3, 0.4) is 0 Å². The first-order valence-electron chi connectivity index (χ1n) is 8.29. The molecular weight excluding hydrogens is 284 g/mol. The lowest BCUT2D eigenvalue weighted by Crippen LogP contribution is -2.39. The molecule has 0 aliphatic carbocycles. The SMILES string of the molecule is Cc1ccc2c(c1)CCCN2CC(=O)NCc1ccccc1C. The molecule has 0 bridgehead atoms. The van der Waals surface area contributed by atoms with E-state index in [9.17, 15) is 4.79 Å². The fourth-order valence-corrected chi connectivity index (χ4v) is 3.20. The predicted molar refractivity (Wildman–Crippen MR) is 94.7 cm³/mol. The Kier molecular flexibility index (Phi) is 4.65. The fourth-order valence-electron chi connectivity index (χ4n) is 3.20. The lowest BCUT2D eigenvalue weighted by Gasteiger charge is -2.31. The highest BCUT2D eigenvalue weighted by Crippen LogP contribution is 2.27. The number of carbonyl (C=O) groups excluding carboxylic acids is 1. The first-order chi connectivity index (χ1) is 11.1. The Bertz CT molecular complexity index is 709. The summed E-state index contributed by atoms with van der Waals surface area (Å²) >= 11 is 0. The van der Waals surface area contributed by atoms with Gasteiger partial charge in [0.2, 0.25) is 5.91 Å². The molecule has 3 heteroatoms. The maximum Gasteiger partial charge on any atom is 0.239 e. The lowest BCUT2D eigenvalue weighted by atomic mass is 9.99. The van der Waals surface area contributed by atoms with Crippen LogP contribution in [0, 0.1) is 13.8 Å². The number of hydrogen-bond acceptors (Lipinski definition) is 2. The molecule has 1 aliphatic heterocycles. The molecule has 1 amide bonds. The molecule has 2 aromatic carbocycles. The largest absolute Gasteiger partial charge is 0.362 e. The highest BCUT2D eigenvalue weighted by molar-refractivity contribution is 5.82. The molecule has 0 saturated heterocycles. The Morgan fingerprint density at radius 2 is 2.00 bits per heavy atom. The molecule has 23 heavy (non-hydrogen) atoms. The third-order valence-electron chi connectivity index (χ3n) is 4.52. The number of benzene rings is 2. The van der Waals surface area contributed by atoms with Gasteiger partial charge in [0, 0.05) is 18.8 Å². The number of aryl methyl sites for hydroxylation is 3. The minimum absolute atomic E-state index is 0.0849. The van der Waals surface area contributed by atoms with Gasteiger partial charge < -0.3 is 10.2 Å². The number of nitrogens with zero attached hydrogens (tertiary/aromatic N) is 1. The molecule has 1 heterocycles. The van der Waals surface area contributed by atoms with Crippen molar-refractivity contribution >= 4 is 11.6 Å². The van der Waals surface area contributed by atoms with Gasteiger partial charge in [-0.1, -0.05) is 42.0 Å². The van der Waals surface area contributed by atoms with Crippen molar-refractivity contribution in [2.75, 3.05) is 18.0 Å². The summed E-state index contributed by atoms with van der Waals surface area (Å²) in [5, 5.41) is 3.05. The van der Waals surface area contributed by atoms with Crippen molar-refractivity contribution in [2.45, 2.75) is 33.2 Å². The number of anilines is 1. The summed E-state index contributed by atoms with van der Waals surface area (Å²) in [4.78, 5) is 14.5. The van der Waals surface area contributed by atoms with Crippen LogP contribution in [0.5, 0.6) is 0 Å². The van der Waals surface area contributed by atoms with Crippen molar-refractivity contribution in [3.63, 3.8) is 0 Å². The van der Waals surface area contributed by atoms with Gasteiger partial charge in [-0.15, -0.1) is 0 Å². The highest BCUT2D eigenvalue weighted by atomic mass is 16.2. The van der Waals surface area contributed by atoms with Crippen molar-refractivity contribution in [1.29, 1.82) is 0 Å². The van der Waals surface area contributed by atoms with Crippen molar-refractivity contribution in [3.05, 3.63) is 64.7 Å². The lowest BCUT2D eigenvalue weighted by molar-refractivity contribution is -0.119. The van der Waals surface area contributed by atoms with E-state index in [0.717, 1.165) is 19.4 Å². The van der Waals surface area contributed by atoms with Gasteiger partial charge in [-0.25, -0.2) is 0 Å². The number of carbonyl (C=O) groups is 1. The fraction of sp³-hybridized carbons (Fsp3) is 0.350. The van der Waals surface area contributed by atoms with Crippen molar-refractivity contribution in [1.82, 2.24) is 5.32 Å². The van der Waals surface area contributed by atoms with Crippen molar-refractivity contribution in [3.8, 4) is 0 Å². The Hall–Kier alpha value is -2.29. The zero-order chi connectivity index (χ0) is 16.2. The first kappa shape index (κ1) is 15.6. The average Bonchev–Trinajstić information content (AvgIpc) is 2.54. The molecule has 0 atom stereocenters. The Morgan fingerprint density at radius 1 is 1.17 bits per heavy atom. The molecular formula is C20H24N2O. The van der Waals surface area contributed by atoms with Crippen LogP contribution >= 0.6 is 0 Å². The number of rotatable bonds is 4. The third kappa shape index (κ3) is 3.73. The van der Waals surface area contributed by atoms with Crippen LogP contribution < -0.4 is 10.2 Å². The molecule has 2 aromatic rings. The smallest absolute Gasteiger partial charge is 0.239 e. The molecule has 3 nitrogen and oxygen atoms in total. The molecule has 0 aromatic heterocycles. The minimum Gasteiger partial charge on any atom is -0.362 e. The second-order valence-electron chi connectivity index (χ2n) is 6.36. The van der Waals surface area contributed by atoms with Crippen LogP contribution in [0.25, 0.3) is 0 Å². The Morgan fingerprint density at radius 3 is 2.83 bits per heavy atom. The Balaban J connectivity index is 1.62. The van der Waals surface area contributed by atoms with Crippen LogP contribution in [0.1, 0.15) is 28.7 Å². The molecule has 0 saturated carbocycles. The van der Waals surface area contributed by atoms with Gasteiger partial charge in [-0.3, -0.25) is 4.79 Å². The molecule has 0 spiro atoms. The van der Waals surface area contributed by atoms with E-state index in [-0.39, 0.29) is 5.91 Å². The zero-order valence-electron chi connectivity index (χ0n) is 13.9. The summed E-state index contributed by atoms with van der Waals surface area (Å²) in [6.45, 7) is 6.18. The summed E-state index contributed by atoms with van der Waals surface area (Å²) in [6, 6.07) is 14.7. The van der Waals surface area contributed by atoms with E-state index in [0.29, 0.717) is 13.1 Å². The van der Waals surface area contributed by atoms with Gasteiger partial charge in [0.15, 0.2) is 0 Å². The summed E-state index contributed by atoms with van der Waals surface area (Å²) < 4.78 is 0. The summed E-state index contributed by atoms with van der Waals surface area (Å²) in [7, 11) is 0. The molecule has 1 N–H and O–H groups in total. The minimum atomic E-state index is 0.0849. The second-order valence-corrected chi connectivity index (χ2v) is 6.36. The molecule has 3 rings (SSSR count). The van der Waals surface area contributed by atoms with Crippen LogP contribution in [0.15, 0.2) is 42.5 Å². The first-order valence-corrected chi connectivity index (χ1v) is 8.29. The van der Waals surface area contributed by atoms with E-state index < -0.39 is 0 Å². The molecule has 1 aliphatic rings. The van der Waals surface area contributed by atoms with Gasteiger partial charge in [-0.2, -0.15) is 0 Å². The molecule has 120 valence electrons. The summed E-state index contributed by atoms with van der Waals surface area (Å²) in [5.41, 5.74) is 6.26. The topological polar surface area (TPSA) is 32.3 Å². The zero-order valence-corrected chi connectivity index (χ0v) is 13.9. The Labute approximate surface area is 138 Å². The predicted octanol–water partition coefficient (Wildman–Crippen LogP) is 3.37. The van der Waals surface area contributed by atoms with Gasteiger partial charge in [-0.05, 0) is 49.4 Å². The van der Waals surface area contributed by atoms with Crippen LogP contribution in [0.4, 0.5) is 5.69 Å².